The molecule has 3 atom stereocenters. The van der Waals surface area contributed by atoms with Gasteiger partial charge in [0.15, 0.2) is 5.82 Å². The molecule has 1 aliphatic rings. The molecule has 3 N–H and O–H groups in total. The fourth-order valence-corrected chi connectivity index (χ4v) is 3.85. The van der Waals surface area contributed by atoms with E-state index in [2.05, 4.69) is 10.2 Å². The third kappa shape index (κ3) is 3.41. The second kappa shape index (κ2) is 7.73. The number of rotatable bonds is 5. The molecule has 0 saturated heterocycles. The van der Waals surface area contributed by atoms with Crippen molar-refractivity contribution in [1.82, 2.24) is 25.0 Å². The molecule has 4 rings (SSSR count). The number of benzene rings is 1. The molecular weight excluding hydrogens is 356 g/mol. The summed E-state index contributed by atoms with van der Waals surface area (Å²) in [4.78, 5) is 4.91. The number of H-pyrrole nitrogens is 1. The number of nitrogens with one attached hydrogen (secondary N) is 1. The van der Waals surface area contributed by atoms with Gasteiger partial charge in [0, 0.05) is 24.8 Å². The average molecular weight is 382 g/mol. The standard InChI is InChI=1S/C20H26N6O2/c1-12-16(11-22-24-12)19-23-20(13-4-9-17(21)18(10-13)28-3)26(25-19)14-5-7-15(27-2)8-6-14/h5-8,11,13,17-18H,4,9-10,21H2,1-3H3,(H,22,24)/t13-,17-,18-/m0/s1. The van der Waals surface area contributed by atoms with E-state index in [4.69, 9.17) is 25.3 Å². The predicted molar refractivity (Wildman–Crippen MR) is 106 cm³/mol. The smallest absolute Gasteiger partial charge is 0.185 e. The molecule has 1 fully saturated rings. The molecule has 0 bridgehead atoms. The van der Waals surface area contributed by atoms with E-state index in [1.54, 1.807) is 20.4 Å². The third-order valence-electron chi connectivity index (χ3n) is 5.53. The Morgan fingerprint density at radius 1 is 1.18 bits per heavy atom. The number of methoxy groups -OCH3 is 2. The van der Waals surface area contributed by atoms with Crippen LogP contribution in [0.2, 0.25) is 0 Å². The van der Waals surface area contributed by atoms with Crippen LogP contribution in [0.25, 0.3) is 17.1 Å². The number of nitrogens with zero attached hydrogens (tertiary/aromatic N) is 4. The quantitative estimate of drug-likeness (QED) is 0.703. The molecule has 2 heterocycles. The lowest BCUT2D eigenvalue weighted by Gasteiger charge is -2.32. The first-order chi connectivity index (χ1) is 13.6. The molecule has 2 aromatic heterocycles. The highest BCUT2D eigenvalue weighted by Crippen LogP contribution is 2.35. The van der Waals surface area contributed by atoms with E-state index in [9.17, 15) is 0 Å². The van der Waals surface area contributed by atoms with Crippen LogP contribution < -0.4 is 10.5 Å². The molecule has 8 heteroatoms. The molecular formula is C20H26N6O2. The Bertz CT molecular complexity index is 933. The van der Waals surface area contributed by atoms with Gasteiger partial charge >= 0.3 is 0 Å². The van der Waals surface area contributed by atoms with Crippen molar-refractivity contribution in [2.45, 2.75) is 44.2 Å². The Balaban J connectivity index is 1.76. The summed E-state index contributed by atoms with van der Waals surface area (Å²) in [5, 5.41) is 11.9. The van der Waals surface area contributed by atoms with Gasteiger partial charge in [0.05, 0.1) is 30.7 Å². The van der Waals surface area contributed by atoms with Crippen molar-refractivity contribution in [2.24, 2.45) is 5.73 Å². The highest BCUT2D eigenvalue weighted by Gasteiger charge is 2.32. The van der Waals surface area contributed by atoms with Gasteiger partial charge in [-0.15, -0.1) is 5.10 Å². The summed E-state index contributed by atoms with van der Waals surface area (Å²) < 4.78 is 12.8. The zero-order chi connectivity index (χ0) is 19.7. The van der Waals surface area contributed by atoms with Crippen LogP contribution in [0.3, 0.4) is 0 Å². The Morgan fingerprint density at radius 2 is 1.96 bits per heavy atom. The molecule has 1 saturated carbocycles. The van der Waals surface area contributed by atoms with Gasteiger partial charge in [-0.05, 0) is 50.5 Å². The van der Waals surface area contributed by atoms with Crippen molar-refractivity contribution in [3.8, 4) is 22.8 Å². The highest BCUT2D eigenvalue weighted by molar-refractivity contribution is 5.57. The summed E-state index contributed by atoms with van der Waals surface area (Å²) in [6.07, 6.45) is 4.48. The normalized spacial score (nSPS) is 22.4. The molecule has 0 amide bonds. The summed E-state index contributed by atoms with van der Waals surface area (Å²) in [7, 11) is 3.38. The monoisotopic (exact) mass is 382 g/mol. The predicted octanol–water partition coefficient (Wildman–Crippen LogP) is 2.58. The zero-order valence-corrected chi connectivity index (χ0v) is 16.4. The first kappa shape index (κ1) is 18.6. The van der Waals surface area contributed by atoms with Crippen molar-refractivity contribution >= 4 is 0 Å². The second-order valence-corrected chi connectivity index (χ2v) is 7.26. The minimum Gasteiger partial charge on any atom is -0.497 e. The summed E-state index contributed by atoms with van der Waals surface area (Å²) in [6, 6.07) is 7.90. The Kier molecular flexibility index (Phi) is 5.15. The van der Waals surface area contributed by atoms with Crippen molar-refractivity contribution in [3.63, 3.8) is 0 Å². The summed E-state index contributed by atoms with van der Waals surface area (Å²) >= 11 is 0. The van der Waals surface area contributed by atoms with Gasteiger partial charge in [0.25, 0.3) is 0 Å². The van der Waals surface area contributed by atoms with Gasteiger partial charge in [0.1, 0.15) is 11.6 Å². The maximum Gasteiger partial charge on any atom is 0.185 e. The average Bonchev–Trinajstić information content (AvgIpc) is 3.34. The van der Waals surface area contributed by atoms with E-state index in [0.29, 0.717) is 5.82 Å². The van der Waals surface area contributed by atoms with Crippen molar-refractivity contribution in [2.75, 3.05) is 14.2 Å². The highest BCUT2D eigenvalue weighted by atomic mass is 16.5. The van der Waals surface area contributed by atoms with Gasteiger partial charge in [-0.2, -0.15) is 5.10 Å². The van der Waals surface area contributed by atoms with Gasteiger partial charge < -0.3 is 15.2 Å². The van der Waals surface area contributed by atoms with Crippen LogP contribution in [0.1, 0.15) is 36.7 Å². The van der Waals surface area contributed by atoms with Crippen LogP contribution >= 0.6 is 0 Å². The summed E-state index contributed by atoms with van der Waals surface area (Å²) in [5.41, 5.74) is 9.01. The maximum absolute atomic E-state index is 6.22. The van der Waals surface area contributed by atoms with Gasteiger partial charge in [0.2, 0.25) is 0 Å². The number of aromatic amines is 1. The number of hydrogen-bond acceptors (Lipinski definition) is 6. The molecule has 1 aromatic carbocycles. The van der Waals surface area contributed by atoms with Gasteiger partial charge in [-0.1, -0.05) is 0 Å². The second-order valence-electron chi connectivity index (χ2n) is 7.26. The molecule has 1 aliphatic carbocycles. The molecule has 0 unspecified atom stereocenters. The van der Waals surface area contributed by atoms with Gasteiger partial charge in [-0.25, -0.2) is 9.67 Å². The number of hydrogen-bond donors (Lipinski definition) is 2. The van der Waals surface area contributed by atoms with Crippen LogP contribution in [0.5, 0.6) is 5.75 Å². The van der Waals surface area contributed by atoms with E-state index in [-0.39, 0.29) is 18.1 Å². The van der Waals surface area contributed by atoms with E-state index in [1.807, 2.05) is 35.9 Å². The maximum atomic E-state index is 6.22. The number of aryl methyl sites for hydroxylation is 1. The largest absolute Gasteiger partial charge is 0.497 e. The Hall–Kier alpha value is -2.71. The third-order valence-corrected chi connectivity index (χ3v) is 5.53. The molecule has 0 aliphatic heterocycles. The van der Waals surface area contributed by atoms with Crippen molar-refractivity contribution in [3.05, 3.63) is 42.0 Å². The van der Waals surface area contributed by atoms with Crippen LogP contribution in [0.15, 0.2) is 30.5 Å². The summed E-state index contributed by atoms with van der Waals surface area (Å²) in [5.74, 6) is 2.62. The molecule has 28 heavy (non-hydrogen) atoms. The number of nitrogens with two attached hydrogens (primary N) is 1. The zero-order valence-electron chi connectivity index (χ0n) is 16.4. The molecule has 0 radical (unpaired) electrons. The molecule has 148 valence electrons. The first-order valence-electron chi connectivity index (χ1n) is 9.50. The van der Waals surface area contributed by atoms with E-state index in [1.165, 1.54) is 0 Å². The number of aromatic nitrogens is 5. The fourth-order valence-electron chi connectivity index (χ4n) is 3.85. The van der Waals surface area contributed by atoms with Crippen LogP contribution in [-0.2, 0) is 4.74 Å². The molecule has 0 spiro atoms. The van der Waals surface area contributed by atoms with E-state index >= 15 is 0 Å². The first-order valence-corrected chi connectivity index (χ1v) is 9.50. The van der Waals surface area contributed by atoms with Crippen LogP contribution in [-0.4, -0.2) is 51.3 Å². The fraction of sp³-hybridized carbons (Fsp3) is 0.450. The lowest BCUT2D eigenvalue weighted by atomic mass is 9.83. The van der Waals surface area contributed by atoms with E-state index in [0.717, 1.165) is 47.8 Å². The topological polar surface area (TPSA) is 104 Å². The minimum absolute atomic E-state index is 0.0267. The van der Waals surface area contributed by atoms with Crippen molar-refractivity contribution < 1.29 is 9.47 Å². The Morgan fingerprint density at radius 3 is 2.61 bits per heavy atom. The summed E-state index contributed by atoms with van der Waals surface area (Å²) in [6.45, 7) is 1.97. The molecule has 3 aromatic rings. The minimum atomic E-state index is 0.0267. The lowest BCUT2D eigenvalue weighted by Crippen LogP contribution is -2.41. The Labute approximate surface area is 164 Å². The van der Waals surface area contributed by atoms with Crippen molar-refractivity contribution in [1.29, 1.82) is 0 Å². The lowest BCUT2D eigenvalue weighted by molar-refractivity contribution is 0.0459. The molecule has 8 nitrogen and oxygen atoms in total. The van der Waals surface area contributed by atoms with Crippen LogP contribution in [0.4, 0.5) is 0 Å². The SMILES string of the molecule is COc1ccc(-n2nc(-c3cn[nH]c3C)nc2[C@H]2CC[C@H](N)[C@@H](OC)C2)cc1. The van der Waals surface area contributed by atoms with E-state index < -0.39 is 0 Å². The van der Waals surface area contributed by atoms with Crippen LogP contribution in [0, 0.1) is 6.92 Å². The number of ether oxygens (including phenoxy) is 2. The van der Waals surface area contributed by atoms with Gasteiger partial charge in [-0.3, -0.25) is 5.10 Å².